The van der Waals surface area contributed by atoms with E-state index in [0.29, 0.717) is 5.92 Å². The Kier molecular flexibility index (Phi) is 2.69. The quantitative estimate of drug-likeness (QED) is 0.866. The minimum absolute atomic E-state index is 0.0643. The summed E-state index contributed by atoms with van der Waals surface area (Å²) in [7, 11) is 0. The monoisotopic (exact) mass is 235 g/mol. The lowest BCUT2D eigenvalue weighted by molar-refractivity contribution is 0.234. The highest BCUT2D eigenvalue weighted by atomic mass is 16.5. The van der Waals surface area contributed by atoms with Crippen molar-refractivity contribution >= 4 is 0 Å². The molecule has 2 aliphatic rings. The fourth-order valence-corrected chi connectivity index (χ4v) is 2.75. The molecular formula is C13H21N3O. The highest BCUT2D eigenvalue weighted by Crippen LogP contribution is 2.38. The van der Waals surface area contributed by atoms with Gasteiger partial charge in [0.05, 0.1) is 5.41 Å². The summed E-state index contributed by atoms with van der Waals surface area (Å²) in [5, 5.41) is 7.58. The van der Waals surface area contributed by atoms with Crippen molar-refractivity contribution in [2.75, 3.05) is 13.1 Å². The van der Waals surface area contributed by atoms with Crippen molar-refractivity contribution < 1.29 is 4.52 Å². The molecular weight excluding hydrogens is 214 g/mol. The van der Waals surface area contributed by atoms with E-state index in [2.05, 4.69) is 29.3 Å². The van der Waals surface area contributed by atoms with Crippen molar-refractivity contribution in [2.24, 2.45) is 11.8 Å². The Morgan fingerprint density at radius 3 is 2.88 bits per heavy atom. The fraction of sp³-hybridized carbons (Fsp3) is 0.846. The van der Waals surface area contributed by atoms with Crippen LogP contribution < -0.4 is 5.32 Å². The Balaban J connectivity index is 1.82. The summed E-state index contributed by atoms with van der Waals surface area (Å²) in [6.45, 7) is 6.52. The number of hydrogen-bond donors (Lipinski definition) is 1. The van der Waals surface area contributed by atoms with Gasteiger partial charge in [0, 0.05) is 13.0 Å². The van der Waals surface area contributed by atoms with Crippen LogP contribution in [-0.4, -0.2) is 23.2 Å². The first kappa shape index (κ1) is 11.2. The first-order valence-electron chi connectivity index (χ1n) is 6.74. The average molecular weight is 235 g/mol. The highest BCUT2D eigenvalue weighted by molar-refractivity contribution is 5.12. The van der Waals surface area contributed by atoms with Crippen LogP contribution in [0.2, 0.25) is 0 Å². The Labute approximate surface area is 102 Å². The highest BCUT2D eigenvalue weighted by Gasteiger charge is 2.43. The van der Waals surface area contributed by atoms with E-state index in [9.17, 15) is 0 Å². The normalized spacial score (nSPS) is 29.1. The molecule has 3 rings (SSSR count). The van der Waals surface area contributed by atoms with Gasteiger partial charge in [-0.1, -0.05) is 19.0 Å². The molecule has 1 saturated carbocycles. The zero-order chi connectivity index (χ0) is 11.9. The lowest BCUT2D eigenvalue weighted by atomic mass is 9.76. The Hall–Kier alpha value is -0.900. The second-order valence-corrected chi connectivity index (χ2v) is 5.90. The van der Waals surface area contributed by atoms with Gasteiger partial charge < -0.3 is 9.84 Å². The molecule has 1 aliphatic carbocycles. The molecule has 1 saturated heterocycles. The maximum Gasteiger partial charge on any atom is 0.234 e. The van der Waals surface area contributed by atoms with Gasteiger partial charge in [-0.3, -0.25) is 0 Å². The first-order chi connectivity index (χ1) is 8.21. The van der Waals surface area contributed by atoms with E-state index in [-0.39, 0.29) is 5.41 Å². The van der Waals surface area contributed by atoms with Gasteiger partial charge in [-0.05, 0) is 37.6 Å². The molecule has 4 heteroatoms. The lowest BCUT2D eigenvalue weighted by Gasteiger charge is -2.28. The predicted octanol–water partition coefficient (Wildman–Crippen LogP) is 1.91. The molecule has 0 radical (unpaired) electrons. The number of nitrogens with zero attached hydrogens (tertiary/aromatic N) is 2. The minimum Gasteiger partial charge on any atom is -0.339 e. The van der Waals surface area contributed by atoms with E-state index >= 15 is 0 Å². The molecule has 2 heterocycles. The Bertz CT molecular complexity index is 389. The van der Waals surface area contributed by atoms with Crippen LogP contribution in [0, 0.1) is 11.8 Å². The smallest absolute Gasteiger partial charge is 0.234 e. The molecule has 0 amide bonds. The minimum atomic E-state index is 0.0643. The Morgan fingerprint density at radius 2 is 2.29 bits per heavy atom. The third-order valence-corrected chi connectivity index (χ3v) is 4.36. The van der Waals surface area contributed by atoms with Crippen molar-refractivity contribution in [3.63, 3.8) is 0 Å². The first-order valence-corrected chi connectivity index (χ1v) is 6.74. The number of nitrogens with one attached hydrogen (secondary N) is 1. The van der Waals surface area contributed by atoms with Crippen LogP contribution in [0.4, 0.5) is 0 Å². The number of hydrogen-bond acceptors (Lipinski definition) is 4. The molecule has 94 valence electrons. The van der Waals surface area contributed by atoms with E-state index in [0.717, 1.165) is 43.6 Å². The third kappa shape index (κ3) is 1.99. The van der Waals surface area contributed by atoms with Gasteiger partial charge in [-0.2, -0.15) is 4.98 Å². The number of aromatic nitrogens is 2. The summed E-state index contributed by atoms with van der Waals surface area (Å²) in [6, 6.07) is 0. The van der Waals surface area contributed by atoms with Crippen LogP contribution in [-0.2, 0) is 11.8 Å². The van der Waals surface area contributed by atoms with Crippen molar-refractivity contribution in [1.82, 2.24) is 15.5 Å². The molecule has 4 nitrogen and oxygen atoms in total. The summed E-state index contributed by atoms with van der Waals surface area (Å²) in [4.78, 5) is 4.65. The maximum atomic E-state index is 5.54. The standard InChI is InChI=1S/C13H21N3O/c1-9(2)13(5-6-14-8-13)12-15-11(16-17-12)7-10-3-4-10/h9-10,14H,3-8H2,1-2H3. The fourth-order valence-electron chi connectivity index (χ4n) is 2.75. The molecule has 0 bridgehead atoms. The summed E-state index contributed by atoms with van der Waals surface area (Å²) in [6.07, 6.45) is 4.78. The van der Waals surface area contributed by atoms with E-state index in [1.165, 1.54) is 12.8 Å². The lowest BCUT2D eigenvalue weighted by Crippen LogP contribution is -2.35. The molecule has 2 fully saturated rings. The molecule has 1 atom stereocenters. The van der Waals surface area contributed by atoms with Gasteiger partial charge >= 0.3 is 0 Å². The van der Waals surface area contributed by atoms with Gasteiger partial charge in [-0.15, -0.1) is 0 Å². The van der Waals surface area contributed by atoms with Crippen molar-refractivity contribution in [3.8, 4) is 0 Å². The van der Waals surface area contributed by atoms with Crippen LogP contribution in [0.1, 0.15) is 44.8 Å². The van der Waals surface area contributed by atoms with Gasteiger partial charge in [0.25, 0.3) is 0 Å². The van der Waals surface area contributed by atoms with Gasteiger partial charge in [0.1, 0.15) is 0 Å². The second-order valence-electron chi connectivity index (χ2n) is 5.90. The van der Waals surface area contributed by atoms with E-state index < -0.39 is 0 Å². The topological polar surface area (TPSA) is 51.0 Å². The van der Waals surface area contributed by atoms with E-state index in [4.69, 9.17) is 4.52 Å². The molecule has 1 unspecified atom stereocenters. The van der Waals surface area contributed by atoms with Crippen LogP contribution in [0.15, 0.2) is 4.52 Å². The van der Waals surface area contributed by atoms with Crippen molar-refractivity contribution in [2.45, 2.75) is 44.9 Å². The molecule has 1 aliphatic heterocycles. The summed E-state index contributed by atoms with van der Waals surface area (Å²) in [5.41, 5.74) is 0.0643. The third-order valence-electron chi connectivity index (χ3n) is 4.36. The molecule has 0 spiro atoms. The molecule has 0 aromatic carbocycles. The largest absolute Gasteiger partial charge is 0.339 e. The molecule has 1 aromatic rings. The van der Waals surface area contributed by atoms with Crippen molar-refractivity contribution in [1.29, 1.82) is 0 Å². The van der Waals surface area contributed by atoms with Crippen LogP contribution in [0.25, 0.3) is 0 Å². The zero-order valence-corrected chi connectivity index (χ0v) is 10.7. The van der Waals surface area contributed by atoms with Gasteiger partial charge in [0.15, 0.2) is 5.82 Å². The number of rotatable bonds is 4. The Morgan fingerprint density at radius 1 is 1.47 bits per heavy atom. The molecule has 1 aromatic heterocycles. The zero-order valence-electron chi connectivity index (χ0n) is 10.7. The van der Waals surface area contributed by atoms with Gasteiger partial charge in [0.2, 0.25) is 5.89 Å². The maximum absolute atomic E-state index is 5.54. The van der Waals surface area contributed by atoms with Crippen LogP contribution >= 0.6 is 0 Å². The summed E-state index contributed by atoms with van der Waals surface area (Å²) in [5.74, 6) is 3.12. The summed E-state index contributed by atoms with van der Waals surface area (Å²) >= 11 is 0. The van der Waals surface area contributed by atoms with E-state index in [1.54, 1.807) is 0 Å². The molecule has 17 heavy (non-hydrogen) atoms. The van der Waals surface area contributed by atoms with E-state index in [1.807, 2.05) is 0 Å². The van der Waals surface area contributed by atoms with Crippen LogP contribution in [0.3, 0.4) is 0 Å². The van der Waals surface area contributed by atoms with Crippen molar-refractivity contribution in [3.05, 3.63) is 11.7 Å². The van der Waals surface area contributed by atoms with Gasteiger partial charge in [-0.25, -0.2) is 0 Å². The summed E-state index contributed by atoms with van der Waals surface area (Å²) < 4.78 is 5.54. The predicted molar refractivity (Wildman–Crippen MR) is 64.7 cm³/mol. The average Bonchev–Trinajstić information content (AvgIpc) is 2.82. The molecule has 1 N–H and O–H groups in total. The van der Waals surface area contributed by atoms with Crippen LogP contribution in [0.5, 0.6) is 0 Å². The SMILES string of the molecule is CC(C)C1(c2nc(CC3CC3)no2)CCNC1. The second kappa shape index (κ2) is 4.09.